The number of aromatic amines is 1. The summed E-state index contributed by atoms with van der Waals surface area (Å²) in [5.74, 6) is 0.424. The number of likely N-dealkylation sites (N-methyl/N-ethyl adjacent to an activating group) is 1. The standard InChI is InChI=1S/C25H31F4N7O4/c1-34-12-14(25(27,28)29)9-19(23(34)37)31-24(38)35(2)20-3-6-36(13-18(20)26)15-10-17-21(30-11-15)32-33-22(17)40-16-4-7-39-8-5-16/h9-12,16,18,20,23,37H,3-8,13H2,1-2H3,(H,31,38)(H,30,32,33)/t18?,20-,23?/m1/s1. The van der Waals surface area contributed by atoms with Crippen LogP contribution in [0.1, 0.15) is 19.3 Å². The van der Waals surface area contributed by atoms with Gasteiger partial charge in [0.2, 0.25) is 5.88 Å². The minimum atomic E-state index is -4.67. The van der Waals surface area contributed by atoms with E-state index in [0.717, 1.165) is 28.8 Å². The summed E-state index contributed by atoms with van der Waals surface area (Å²) in [7, 11) is 2.63. The second kappa shape index (κ2) is 11.1. The van der Waals surface area contributed by atoms with Crippen molar-refractivity contribution in [2.75, 3.05) is 45.3 Å². The van der Waals surface area contributed by atoms with Crippen molar-refractivity contribution < 1.29 is 36.9 Å². The van der Waals surface area contributed by atoms with Crippen molar-refractivity contribution in [1.82, 2.24) is 30.3 Å². The first-order chi connectivity index (χ1) is 19.0. The van der Waals surface area contributed by atoms with E-state index in [1.165, 1.54) is 14.1 Å². The van der Waals surface area contributed by atoms with Crippen molar-refractivity contribution in [3.05, 3.63) is 35.8 Å². The zero-order valence-electron chi connectivity index (χ0n) is 22.0. The number of H-pyrrole nitrogens is 1. The molecule has 3 N–H and O–H groups in total. The number of nitrogens with zero attached hydrogens (tertiary/aromatic N) is 5. The number of carbonyl (C=O) groups excluding carboxylic acids is 1. The van der Waals surface area contributed by atoms with Crippen LogP contribution in [0, 0.1) is 0 Å². The summed E-state index contributed by atoms with van der Waals surface area (Å²) in [6, 6.07) is 0.189. The number of ether oxygens (including phenoxy) is 2. The van der Waals surface area contributed by atoms with Crippen molar-refractivity contribution in [1.29, 1.82) is 0 Å². The Hall–Kier alpha value is -3.59. The molecule has 2 amide bonds. The lowest BCUT2D eigenvalue weighted by molar-refractivity contribution is -0.0911. The molecule has 0 aromatic carbocycles. The number of anilines is 1. The van der Waals surface area contributed by atoms with Crippen LogP contribution in [0.5, 0.6) is 5.88 Å². The largest absolute Gasteiger partial charge is 0.473 e. The smallest absolute Gasteiger partial charge is 0.417 e. The van der Waals surface area contributed by atoms with Gasteiger partial charge in [0, 0.05) is 39.7 Å². The normalized spacial score (nSPS) is 24.5. The van der Waals surface area contributed by atoms with E-state index in [2.05, 4.69) is 20.5 Å². The van der Waals surface area contributed by atoms with Crippen LogP contribution in [-0.4, -0.2) is 107 Å². The summed E-state index contributed by atoms with van der Waals surface area (Å²) in [5, 5.41) is 20.3. The van der Waals surface area contributed by atoms with Gasteiger partial charge in [-0.15, -0.1) is 5.10 Å². The number of amides is 2. The molecule has 2 fully saturated rings. The number of hydrogen-bond acceptors (Lipinski definition) is 8. The molecular weight excluding hydrogens is 538 g/mol. The lowest BCUT2D eigenvalue weighted by atomic mass is 10.0. The lowest BCUT2D eigenvalue weighted by Crippen LogP contribution is -2.55. The number of aliphatic hydroxyl groups is 1. The van der Waals surface area contributed by atoms with Crippen LogP contribution in [0.3, 0.4) is 0 Å². The first-order valence-corrected chi connectivity index (χ1v) is 12.9. The quantitative estimate of drug-likeness (QED) is 0.471. The van der Waals surface area contributed by atoms with E-state index >= 15 is 4.39 Å². The average molecular weight is 570 g/mol. The van der Waals surface area contributed by atoms with Crippen molar-refractivity contribution in [2.45, 2.75) is 50.0 Å². The van der Waals surface area contributed by atoms with E-state index in [0.29, 0.717) is 48.4 Å². The van der Waals surface area contributed by atoms with Gasteiger partial charge in [-0.3, -0.25) is 5.10 Å². The van der Waals surface area contributed by atoms with Crippen LogP contribution in [-0.2, 0) is 4.74 Å². The first kappa shape index (κ1) is 28.0. The van der Waals surface area contributed by atoms with E-state index in [4.69, 9.17) is 9.47 Å². The van der Waals surface area contributed by atoms with Gasteiger partial charge in [-0.05, 0) is 18.6 Å². The number of alkyl halides is 4. The number of hydrogen-bond donors (Lipinski definition) is 3. The number of nitrogens with one attached hydrogen (secondary N) is 2. The Bertz CT molecular complexity index is 1290. The zero-order chi connectivity index (χ0) is 28.6. The summed E-state index contributed by atoms with van der Waals surface area (Å²) in [6.07, 6.45) is -2.83. The van der Waals surface area contributed by atoms with Crippen LogP contribution in [0.2, 0.25) is 0 Å². The van der Waals surface area contributed by atoms with Gasteiger partial charge in [-0.1, -0.05) is 0 Å². The fourth-order valence-corrected chi connectivity index (χ4v) is 5.05. The summed E-state index contributed by atoms with van der Waals surface area (Å²) < 4.78 is 66.4. The summed E-state index contributed by atoms with van der Waals surface area (Å²) in [5.41, 5.74) is -0.161. The van der Waals surface area contributed by atoms with E-state index < -0.39 is 36.2 Å². The summed E-state index contributed by atoms with van der Waals surface area (Å²) in [6.45, 7) is 1.62. The van der Waals surface area contributed by atoms with Gasteiger partial charge in [0.05, 0.1) is 54.3 Å². The fourth-order valence-electron chi connectivity index (χ4n) is 5.05. The maximum atomic E-state index is 15.4. The van der Waals surface area contributed by atoms with Crippen LogP contribution >= 0.6 is 0 Å². The predicted octanol–water partition coefficient (Wildman–Crippen LogP) is 2.67. The second-order valence-electron chi connectivity index (χ2n) is 10.1. The van der Waals surface area contributed by atoms with Crippen molar-refractivity contribution in [2.24, 2.45) is 0 Å². The molecule has 2 unspecified atom stereocenters. The predicted molar refractivity (Wildman–Crippen MR) is 136 cm³/mol. The molecule has 2 saturated heterocycles. The van der Waals surface area contributed by atoms with Gasteiger partial charge < -0.3 is 34.6 Å². The van der Waals surface area contributed by atoms with Crippen molar-refractivity contribution >= 4 is 22.8 Å². The van der Waals surface area contributed by atoms with Gasteiger partial charge in [0.15, 0.2) is 11.9 Å². The van der Waals surface area contributed by atoms with Crippen LogP contribution in [0.25, 0.3) is 11.0 Å². The highest BCUT2D eigenvalue weighted by Crippen LogP contribution is 2.32. The second-order valence-corrected chi connectivity index (χ2v) is 10.1. The molecule has 2 aromatic rings. The Balaban J connectivity index is 1.23. The highest BCUT2D eigenvalue weighted by atomic mass is 19.4. The van der Waals surface area contributed by atoms with Gasteiger partial charge >= 0.3 is 12.2 Å². The van der Waals surface area contributed by atoms with Crippen LogP contribution < -0.4 is 15.0 Å². The lowest BCUT2D eigenvalue weighted by Gasteiger charge is -2.40. The number of carbonyl (C=O) groups is 1. The number of pyridine rings is 1. The molecule has 40 heavy (non-hydrogen) atoms. The molecule has 2 aromatic heterocycles. The minimum absolute atomic E-state index is 0.0153. The number of urea groups is 1. The molecule has 3 aliphatic heterocycles. The molecule has 5 rings (SSSR count). The number of aliphatic hydroxyl groups excluding tert-OH is 1. The number of rotatable bonds is 5. The molecule has 15 heteroatoms. The fraction of sp³-hybridized carbons (Fsp3) is 0.560. The number of halogens is 4. The summed E-state index contributed by atoms with van der Waals surface area (Å²) in [4.78, 5) is 21.1. The highest BCUT2D eigenvalue weighted by Gasteiger charge is 2.38. The van der Waals surface area contributed by atoms with Crippen molar-refractivity contribution in [3.63, 3.8) is 0 Å². The topological polar surface area (TPSA) is 119 Å². The Morgan fingerprint density at radius 2 is 2.05 bits per heavy atom. The third-order valence-corrected chi connectivity index (χ3v) is 7.40. The molecule has 0 saturated carbocycles. The molecular formula is C25H31F4N7O4. The monoisotopic (exact) mass is 569 g/mol. The minimum Gasteiger partial charge on any atom is -0.473 e. The molecule has 3 atom stereocenters. The molecule has 11 nitrogen and oxygen atoms in total. The average Bonchev–Trinajstić information content (AvgIpc) is 3.32. The Morgan fingerprint density at radius 3 is 2.75 bits per heavy atom. The third-order valence-electron chi connectivity index (χ3n) is 7.40. The van der Waals surface area contributed by atoms with Gasteiger partial charge in [0.25, 0.3) is 0 Å². The molecule has 3 aliphatic rings. The van der Waals surface area contributed by atoms with E-state index in [1.54, 1.807) is 6.20 Å². The van der Waals surface area contributed by atoms with Gasteiger partial charge in [0.1, 0.15) is 12.3 Å². The van der Waals surface area contributed by atoms with E-state index in [1.807, 2.05) is 11.0 Å². The maximum absolute atomic E-state index is 15.4. The Morgan fingerprint density at radius 1 is 1.30 bits per heavy atom. The number of aromatic nitrogens is 3. The van der Waals surface area contributed by atoms with Crippen LogP contribution in [0.15, 0.2) is 35.8 Å². The van der Waals surface area contributed by atoms with Gasteiger partial charge in [-0.2, -0.15) is 13.2 Å². The van der Waals surface area contributed by atoms with Crippen LogP contribution in [0.4, 0.5) is 28.0 Å². The van der Waals surface area contributed by atoms with Crippen molar-refractivity contribution in [3.8, 4) is 5.88 Å². The molecule has 0 aliphatic carbocycles. The summed E-state index contributed by atoms with van der Waals surface area (Å²) >= 11 is 0. The maximum Gasteiger partial charge on any atom is 0.417 e. The van der Waals surface area contributed by atoms with E-state index in [9.17, 15) is 23.1 Å². The number of allylic oxidation sites excluding steroid dienone is 2. The van der Waals surface area contributed by atoms with E-state index in [-0.39, 0.29) is 24.8 Å². The first-order valence-electron chi connectivity index (χ1n) is 12.9. The third kappa shape index (κ3) is 5.80. The van der Waals surface area contributed by atoms with Gasteiger partial charge in [-0.25, -0.2) is 14.2 Å². The number of piperidine rings is 1. The molecule has 0 bridgehead atoms. The molecule has 5 heterocycles. The molecule has 0 spiro atoms. The number of fused-ring (bicyclic) bond motifs is 1. The Labute approximate surface area is 227 Å². The zero-order valence-corrected chi connectivity index (χ0v) is 22.0. The SMILES string of the molecule is CN1C=C(C(F)(F)F)C=C(NC(=O)N(C)[C@@H]2CCN(c3cnc4[nH]nc(OC5CCOCC5)c4c3)CC2F)C1O. The highest BCUT2D eigenvalue weighted by molar-refractivity contribution is 5.84. The molecule has 0 radical (unpaired) electrons. The molecule has 218 valence electrons. The Kier molecular flexibility index (Phi) is 7.77.